The third-order valence-electron chi connectivity index (χ3n) is 3.57. The Labute approximate surface area is 145 Å². The number of nitrogens with two attached hydrogens (primary N) is 1. The summed E-state index contributed by atoms with van der Waals surface area (Å²) in [4.78, 5) is 0.731. The molecule has 0 bridgehead atoms. The number of benzene rings is 2. The molecule has 0 spiro atoms. The lowest BCUT2D eigenvalue weighted by atomic mass is 9.98. The minimum atomic E-state index is -4.22. The Morgan fingerprint density at radius 1 is 1.09 bits per heavy atom. The molecule has 0 radical (unpaired) electrons. The van der Waals surface area contributed by atoms with Gasteiger partial charge < -0.3 is 5.73 Å². The summed E-state index contributed by atoms with van der Waals surface area (Å²) in [6, 6.07) is 5.49. The molecule has 0 saturated carbocycles. The molecule has 0 aliphatic heterocycles. The summed E-state index contributed by atoms with van der Waals surface area (Å²) in [6.07, 6.45) is 0.822. The summed E-state index contributed by atoms with van der Waals surface area (Å²) in [6.45, 7) is 9.57. The van der Waals surface area contributed by atoms with Crippen molar-refractivity contribution in [3.63, 3.8) is 0 Å². The van der Waals surface area contributed by atoms with Gasteiger partial charge in [0.05, 0.1) is 4.90 Å². The lowest BCUT2D eigenvalue weighted by Crippen LogP contribution is -2.03. The topological polar surface area (TPSA) is 80.4 Å². The fourth-order valence-electron chi connectivity index (χ4n) is 2.31. The van der Waals surface area contributed by atoms with Crippen molar-refractivity contribution in [3.05, 3.63) is 34.9 Å². The van der Waals surface area contributed by atoms with Crippen molar-refractivity contribution in [2.24, 2.45) is 5.73 Å². The van der Waals surface area contributed by atoms with Crippen molar-refractivity contribution in [1.82, 2.24) is 0 Å². The third kappa shape index (κ3) is 4.70. The summed E-state index contributed by atoms with van der Waals surface area (Å²) >= 11 is 4.49. The highest BCUT2D eigenvalue weighted by Crippen LogP contribution is 2.33. The highest BCUT2D eigenvalue weighted by molar-refractivity contribution is 7.86. The molecule has 6 heteroatoms. The van der Waals surface area contributed by atoms with Crippen molar-refractivity contribution in [2.45, 2.75) is 50.8 Å². The molecule has 130 valence electrons. The van der Waals surface area contributed by atoms with E-state index in [0.717, 1.165) is 33.2 Å². The van der Waals surface area contributed by atoms with Crippen LogP contribution >= 0.6 is 12.6 Å². The number of aryl methyl sites for hydroxylation is 2. The average molecular weight is 358 g/mol. The second-order valence-corrected chi connectivity index (χ2v) is 6.46. The second-order valence-electron chi connectivity index (χ2n) is 4.62. The third-order valence-corrected chi connectivity index (χ3v) is 5.08. The van der Waals surface area contributed by atoms with Crippen LogP contribution in [0.2, 0.25) is 0 Å². The largest absolute Gasteiger partial charge is 0.333 e. The zero-order chi connectivity index (χ0) is 18.4. The van der Waals surface area contributed by atoms with Crippen LogP contribution in [0.15, 0.2) is 28.0 Å². The fraction of sp³-hybridized carbons (Fsp3) is 0.412. The molecular formula is C17H27NO3S2. The fourth-order valence-corrected chi connectivity index (χ4v) is 3.53. The Hall–Kier alpha value is -1.08. The lowest BCUT2D eigenvalue weighted by molar-refractivity contribution is 0.482. The highest BCUT2D eigenvalue weighted by Gasteiger charge is 2.18. The van der Waals surface area contributed by atoms with E-state index in [0.29, 0.717) is 5.56 Å². The lowest BCUT2D eigenvalue weighted by Gasteiger charge is -2.14. The zero-order valence-electron chi connectivity index (χ0n) is 14.6. The molecule has 0 aliphatic rings. The molecule has 2 aromatic rings. The predicted octanol–water partition coefficient (Wildman–Crippen LogP) is 4.16. The van der Waals surface area contributed by atoms with Gasteiger partial charge in [0.15, 0.2) is 0 Å². The van der Waals surface area contributed by atoms with E-state index in [9.17, 15) is 13.0 Å². The smallest absolute Gasteiger partial charge is 0.294 e. The standard InChI is InChI=1S/C14H16O3S2.C2H6.CH5N/c1-4-10-5-6-11-8(2)9(3)13(19(15,16)17)7-12(11)14(10)18;2*1-2/h5-7,18H,4H2,1-3H3,(H,15,16,17);1-2H3;2H2,1H3. The maximum Gasteiger partial charge on any atom is 0.294 e. The van der Waals surface area contributed by atoms with Crippen LogP contribution in [0, 0.1) is 13.8 Å². The first-order valence-corrected chi connectivity index (χ1v) is 9.46. The van der Waals surface area contributed by atoms with E-state index in [-0.39, 0.29) is 4.90 Å². The van der Waals surface area contributed by atoms with Gasteiger partial charge in [-0.3, -0.25) is 4.55 Å². The van der Waals surface area contributed by atoms with E-state index in [1.807, 2.05) is 39.8 Å². The maximum absolute atomic E-state index is 11.4. The molecule has 0 atom stereocenters. The van der Waals surface area contributed by atoms with E-state index in [4.69, 9.17) is 0 Å². The van der Waals surface area contributed by atoms with Gasteiger partial charge in [-0.05, 0) is 60.8 Å². The van der Waals surface area contributed by atoms with Crippen molar-refractivity contribution in [2.75, 3.05) is 7.05 Å². The van der Waals surface area contributed by atoms with Gasteiger partial charge in [0.2, 0.25) is 0 Å². The minimum absolute atomic E-state index is 0.0407. The van der Waals surface area contributed by atoms with Crippen LogP contribution in [-0.4, -0.2) is 20.0 Å². The van der Waals surface area contributed by atoms with Crippen LogP contribution in [0.1, 0.15) is 37.5 Å². The molecule has 23 heavy (non-hydrogen) atoms. The summed E-state index contributed by atoms with van der Waals surface area (Å²) < 4.78 is 32.2. The summed E-state index contributed by atoms with van der Waals surface area (Å²) in [5.74, 6) is 0. The van der Waals surface area contributed by atoms with E-state index >= 15 is 0 Å². The molecule has 0 amide bonds. The predicted molar refractivity (Wildman–Crippen MR) is 101 cm³/mol. The Morgan fingerprint density at radius 2 is 1.61 bits per heavy atom. The molecular weight excluding hydrogens is 330 g/mol. The quantitative estimate of drug-likeness (QED) is 0.557. The Balaban J connectivity index is 0.00000112. The van der Waals surface area contributed by atoms with Crippen LogP contribution in [0.4, 0.5) is 0 Å². The summed E-state index contributed by atoms with van der Waals surface area (Å²) in [7, 11) is -2.72. The molecule has 0 aliphatic carbocycles. The molecule has 2 rings (SSSR count). The Morgan fingerprint density at radius 3 is 2.04 bits per heavy atom. The molecule has 3 N–H and O–H groups in total. The van der Waals surface area contributed by atoms with Crippen LogP contribution in [0.5, 0.6) is 0 Å². The van der Waals surface area contributed by atoms with E-state index in [1.165, 1.54) is 13.1 Å². The van der Waals surface area contributed by atoms with Gasteiger partial charge in [0, 0.05) is 4.90 Å². The number of hydrogen-bond donors (Lipinski definition) is 3. The van der Waals surface area contributed by atoms with Crippen molar-refractivity contribution in [3.8, 4) is 0 Å². The number of fused-ring (bicyclic) bond motifs is 1. The molecule has 2 aromatic carbocycles. The second kappa shape index (κ2) is 9.27. The van der Waals surface area contributed by atoms with Gasteiger partial charge >= 0.3 is 0 Å². The van der Waals surface area contributed by atoms with E-state index in [1.54, 1.807) is 6.92 Å². The molecule has 0 unspecified atom stereocenters. The van der Waals surface area contributed by atoms with Gasteiger partial charge in [-0.15, -0.1) is 12.6 Å². The summed E-state index contributed by atoms with van der Waals surface area (Å²) in [5.41, 5.74) is 6.98. The van der Waals surface area contributed by atoms with Gasteiger partial charge in [-0.1, -0.05) is 32.9 Å². The van der Waals surface area contributed by atoms with E-state index in [2.05, 4.69) is 18.4 Å². The van der Waals surface area contributed by atoms with Crippen LogP contribution in [-0.2, 0) is 16.5 Å². The average Bonchev–Trinajstić information content (AvgIpc) is 2.54. The first-order chi connectivity index (χ1) is 10.8. The number of rotatable bonds is 2. The van der Waals surface area contributed by atoms with Crippen LogP contribution < -0.4 is 5.73 Å². The molecule has 0 heterocycles. The van der Waals surface area contributed by atoms with Gasteiger partial charge in [0.25, 0.3) is 10.1 Å². The number of hydrogen-bond acceptors (Lipinski definition) is 4. The monoisotopic (exact) mass is 357 g/mol. The number of thiol groups is 1. The van der Waals surface area contributed by atoms with Gasteiger partial charge in [0.1, 0.15) is 0 Å². The van der Waals surface area contributed by atoms with Crippen LogP contribution in [0.3, 0.4) is 0 Å². The molecule has 0 fully saturated rings. The van der Waals surface area contributed by atoms with Gasteiger partial charge in [-0.2, -0.15) is 8.42 Å². The molecule has 4 nitrogen and oxygen atoms in total. The maximum atomic E-state index is 11.4. The summed E-state index contributed by atoms with van der Waals surface area (Å²) in [5, 5.41) is 1.73. The molecule has 0 saturated heterocycles. The van der Waals surface area contributed by atoms with Gasteiger partial charge in [-0.25, -0.2) is 0 Å². The Kier molecular flexibility index (Phi) is 8.84. The molecule has 0 aromatic heterocycles. The van der Waals surface area contributed by atoms with Crippen molar-refractivity contribution < 1.29 is 13.0 Å². The zero-order valence-corrected chi connectivity index (χ0v) is 16.3. The normalized spacial score (nSPS) is 10.5. The first-order valence-electron chi connectivity index (χ1n) is 7.57. The van der Waals surface area contributed by atoms with Crippen molar-refractivity contribution in [1.29, 1.82) is 0 Å². The highest BCUT2D eigenvalue weighted by atomic mass is 32.2. The Bertz CT molecular complexity index is 769. The minimum Gasteiger partial charge on any atom is -0.333 e. The first kappa shape index (κ1) is 21.9. The SMILES string of the molecule is CC.CCc1ccc2c(C)c(C)c(S(=O)(=O)O)cc2c1S.CN. The van der Waals surface area contributed by atoms with Crippen LogP contribution in [0.25, 0.3) is 10.8 Å². The van der Waals surface area contributed by atoms with E-state index < -0.39 is 10.1 Å². The van der Waals surface area contributed by atoms with Crippen molar-refractivity contribution >= 4 is 33.5 Å².